The summed E-state index contributed by atoms with van der Waals surface area (Å²) in [6.45, 7) is 10.2. The van der Waals surface area contributed by atoms with Crippen LogP contribution in [0.3, 0.4) is 0 Å². The Labute approximate surface area is 286 Å². The minimum absolute atomic E-state index is 0.208. The normalized spacial score (nSPS) is 14.6. The Morgan fingerprint density at radius 2 is 1.70 bits per heavy atom. The van der Waals surface area contributed by atoms with Crippen LogP contribution in [0.15, 0.2) is 93.9 Å². The molecule has 0 spiro atoms. The Bertz CT molecular complexity index is 2210. The number of allylic oxidation sites excluding steroid dienone is 1. The molecular formula is C37H33Cl2N3O4S. The summed E-state index contributed by atoms with van der Waals surface area (Å²) in [6.07, 6.45) is 1.91. The van der Waals surface area contributed by atoms with Crippen LogP contribution in [-0.4, -0.2) is 21.7 Å². The van der Waals surface area contributed by atoms with Crippen molar-refractivity contribution in [3.8, 4) is 11.4 Å². The SMILES string of the molecule is CCOC(=O)C1=C(C)N=c2s/c(=C\c3cc(C)n(-c4ccc(OCc5ccc(Cl)cc5Cl)cc4)c3C)c(=O)n2[C@@H]1c1ccc(C)cc1. The summed E-state index contributed by atoms with van der Waals surface area (Å²) in [5.41, 5.74) is 7.34. The number of benzene rings is 3. The molecule has 3 aromatic carbocycles. The van der Waals surface area contributed by atoms with Gasteiger partial charge in [-0.2, -0.15) is 0 Å². The van der Waals surface area contributed by atoms with E-state index in [1.165, 1.54) is 11.3 Å². The van der Waals surface area contributed by atoms with E-state index in [0.29, 0.717) is 43.0 Å². The van der Waals surface area contributed by atoms with E-state index in [4.69, 9.17) is 37.7 Å². The smallest absolute Gasteiger partial charge is 0.338 e. The van der Waals surface area contributed by atoms with E-state index >= 15 is 0 Å². The maximum absolute atomic E-state index is 14.1. The predicted octanol–water partition coefficient (Wildman–Crippen LogP) is 7.40. The van der Waals surface area contributed by atoms with Crippen LogP contribution in [0.2, 0.25) is 10.0 Å². The number of nitrogens with zero attached hydrogens (tertiary/aromatic N) is 3. The van der Waals surface area contributed by atoms with E-state index in [9.17, 15) is 9.59 Å². The molecule has 6 rings (SSSR count). The largest absolute Gasteiger partial charge is 0.489 e. The summed E-state index contributed by atoms with van der Waals surface area (Å²) >= 11 is 13.6. The van der Waals surface area contributed by atoms with Gasteiger partial charge in [-0.1, -0.05) is 70.4 Å². The van der Waals surface area contributed by atoms with Crippen LogP contribution in [-0.2, 0) is 16.1 Å². The van der Waals surface area contributed by atoms with E-state index in [1.807, 2.05) is 81.4 Å². The molecule has 1 aliphatic heterocycles. The Balaban J connectivity index is 1.34. The van der Waals surface area contributed by atoms with Crippen LogP contribution in [0, 0.1) is 20.8 Å². The third-order valence-electron chi connectivity index (χ3n) is 8.17. The zero-order chi connectivity index (χ0) is 33.4. The molecule has 0 aliphatic carbocycles. The van der Waals surface area contributed by atoms with Crippen molar-refractivity contribution in [3.05, 3.63) is 147 Å². The van der Waals surface area contributed by atoms with Crippen molar-refractivity contribution < 1.29 is 14.3 Å². The maximum Gasteiger partial charge on any atom is 0.338 e. The molecule has 7 nitrogen and oxygen atoms in total. The third-order valence-corrected chi connectivity index (χ3v) is 9.74. The van der Waals surface area contributed by atoms with Crippen LogP contribution in [0.1, 0.15) is 53.5 Å². The number of aryl methyl sites for hydroxylation is 2. The lowest BCUT2D eigenvalue weighted by atomic mass is 9.95. The van der Waals surface area contributed by atoms with Gasteiger partial charge in [-0.25, -0.2) is 9.79 Å². The lowest BCUT2D eigenvalue weighted by molar-refractivity contribution is -0.139. The van der Waals surface area contributed by atoms with Gasteiger partial charge in [-0.05, 0) is 94.3 Å². The van der Waals surface area contributed by atoms with Crippen LogP contribution >= 0.6 is 34.5 Å². The highest BCUT2D eigenvalue weighted by Gasteiger charge is 2.33. The highest BCUT2D eigenvalue weighted by molar-refractivity contribution is 7.07. The molecule has 1 aliphatic rings. The molecule has 5 aromatic rings. The number of ether oxygens (including phenoxy) is 2. The van der Waals surface area contributed by atoms with Crippen LogP contribution < -0.4 is 19.6 Å². The van der Waals surface area contributed by atoms with E-state index in [-0.39, 0.29) is 12.2 Å². The van der Waals surface area contributed by atoms with Gasteiger partial charge in [-0.3, -0.25) is 9.36 Å². The first-order valence-electron chi connectivity index (χ1n) is 15.2. The van der Waals surface area contributed by atoms with Crippen molar-refractivity contribution in [2.24, 2.45) is 4.99 Å². The molecule has 3 heterocycles. The summed E-state index contributed by atoms with van der Waals surface area (Å²) in [5.74, 6) is 0.242. The highest BCUT2D eigenvalue weighted by Crippen LogP contribution is 2.31. The molecule has 2 aromatic heterocycles. The first-order valence-corrected chi connectivity index (χ1v) is 16.7. The molecule has 0 radical (unpaired) electrons. The number of halogens is 2. The lowest BCUT2D eigenvalue weighted by Crippen LogP contribution is -2.39. The molecule has 0 amide bonds. The molecule has 1 atom stereocenters. The summed E-state index contributed by atoms with van der Waals surface area (Å²) < 4.78 is 15.7. The van der Waals surface area contributed by atoms with Crippen molar-refractivity contribution in [1.82, 2.24) is 9.13 Å². The van der Waals surface area contributed by atoms with Gasteiger partial charge >= 0.3 is 5.97 Å². The number of fused-ring (bicyclic) bond motifs is 1. The van der Waals surface area contributed by atoms with Crippen molar-refractivity contribution >= 4 is 46.6 Å². The minimum atomic E-state index is -0.642. The summed E-state index contributed by atoms with van der Waals surface area (Å²) in [6, 6.07) is 22.5. The summed E-state index contributed by atoms with van der Waals surface area (Å²) in [4.78, 5) is 32.5. The number of hydrogen-bond donors (Lipinski definition) is 0. The summed E-state index contributed by atoms with van der Waals surface area (Å²) in [5, 5.41) is 1.14. The average Bonchev–Trinajstić information content (AvgIpc) is 3.50. The third kappa shape index (κ3) is 6.46. The highest BCUT2D eigenvalue weighted by atomic mass is 35.5. The number of aromatic nitrogens is 2. The molecule has 240 valence electrons. The van der Waals surface area contributed by atoms with Crippen LogP contribution in [0.5, 0.6) is 5.75 Å². The quantitative estimate of drug-likeness (QED) is 0.160. The second-order valence-corrected chi connectivity index (χ2v) is 13.2. The zero-order valence-electron chi connectivity index (χ0n) is 26.6. The molecule has 10 heteroatoms. The summed E-state index contributed by atoms with van der Waals surface area (Å²) in [7, 11) is 0. The van der Waals surface area contributed by atoms with Crippen LogP contribution in [0.25, 0.3) is 11.8 Å². The molecule has 0 unspecified atom stereocenters. The topological polar surface area (TPSA) is 74.8 Å². The average molecular weight is 687 g/mol. The second-order valence-electron chi connectivity index (χ2n) is 11.4. The van der Waals surface area contributed by atoms with Gasteiger partial charge in [-0.15, -0.1) is 0 Å². The zero-order valence-corrected chi connectivity index (χ0v) is 29.0. The van der Waals surface area contributed by atoms with E-state index in [1.54, 1.807) is 30.5 Å². The maximum atomic E-state index is 14.1. The molecule has 0 saturated heterocycles. The monoisotopic (exact) mass is 685 g/mol. The van der Waals surface area contributed by atoms with Gasteiger partial charge in [0.2, 0.25) is 0 Å². The van der Waals surface area contributed by atoms with Crippen molar-refractivity contribution in [1.29, 1.82) is 0 Å². The molecule has 0 N–H and O–H groups in total. The first kappa shape index (κ1) is 32.6. The number of hydrogen-bond acceptors (Lipinski definition) is 6. The number of carbonyl (C=O) groups is 1. The molecule has 0 saturated carbocycles. The van der Waals surface area contributed by atoms with Gasteiger partial charge < -0.3 is 14.0 Å². The number of thiazole rings is 1. The first-order chi connectivity index (χ1) is 22.5. The Morgan fingerprint density at radius 1 is 0.979 bits per heavy atom. The van der Waals surface area contributed by atoms with Crippen molar-refractivity contribution in [2.45, 2.75) is 47.3 Å². The van der Waals surface area contributed by atoms with E-state index in [2.05, 4.69) is 10.6 Å². The van der Waals surface area contributed by atoms with Gasteiger partial charge in [0, 0.05) is 32.7 Å². The number of carbonyl (C=O) groups excluding carboxylic acids is 1. The van der Waals surface area contributed by atoms with Gasteiger partial charge in [0.15, 0.2) is 4.80 Å². The fourth-order valence-corrected chi connectivity index (χ4v) is 7.32. The van der Waals surface area contributed by atoms with Gasteiger partial charge in [0.05, 0.1) is 28.5 Å². The van der Waals surface area contributed by atoms with Crippen LogP contribution in [0.4, 0.5) is 0 Å². The minimum Gasteiger partial charge on any atom is -0.489 e. The van der Waals surface area contributed by atoms with E-state index < -0.39 is 12.0 Å². The van der Waals surface area contributed by atoms with E-state index in [0.717, 1.165) is 39.3 Å². The Hall–Kier alpha value is -4.37. The number of rotatable bonds is 8. The predicted molar refractivity (Wildman–Crippen MR) is 188 cm³/mol. The number of esters is 1. The molecule has 47 heavy (non-hydrogen) atoms. The lowest BCUT2D eigenvalue weighted by Gasteiger charge is -2.24. The molecular weight excluding hydrogens is 653 g/mol. The Morgan fingerprint density at radius 3 is 2.38 bits per heavy atom. The standard InChI is InChI=1S/C37H33Cl2N3O4S/c1-6-45-36(44)33-23(4)40-37-42(34(33)25-9-7-21(2)8-10-25)35(43)32(47-37)18-27-17-22(3)41(24(27)5)29-13-15-30(16-14-29)46-20-26-11-12-28(38)19-31(26)39/h7-19,34H,6,20H2,1-5H3/b32-18-/t34-/m1/s1. The molecule has 0 bridgehead atoms. The van der Waals surface area contributed by atoms with Crippen molar-refractivity contribution in [2.75, 3.05) is 6.61 Å². The fourth-order valence-electron chi connectivity index (χ4n) is 5.82. The fraction of sp³-hybridized carbons (Fsp3) is 0.216. The van der Waals surface area contributed by atoms with Gasteiger partial charge in [0.25, 0.3) is 5.56 Å². The second kappa shape index (κ2) is 13.4. The Kier molecular flexibility index (Phi) is 9.28. The molecule has 0 fully saturated rings. The van der Waals surface area contributed by atoms with Gasteiger partial charge in [0.1, 0.15) is 12.4 Å². The van der Waals surface area contributed by atoms with Crippen molar-refractivity contribution in [3.63, 3.8) is 0 Å².